The predicted octanol–water partition coefficient (Wildman–Crippen LogP) is 19.1. The molecule has 16 rings (SSSR count). The Balaban J connectivity index is 0.00000529. The molecular weight excluding hydrogens is 1130 g/mol. The van der Waals surface area contributed by atoms with Gasteiger partial charge >= 0.3 is 0 Å². The van der Waals surface area contributed by atoms with Gasteiger partial charge in [0.1, 0.15) is 5.65 Å². The molecule has 78 heavy (non-hydrogen) atoms. The molecule has 0 saturated carbocycles. The summed E-state index contributed by atoms with van der Waals surface area (Å²) in [6.45, 7) is 2.28. The molecule has 5 heterocycles. The van der Waals surface area contributed by atoms with Crippen LogP contribution in [0.5, 0.6) is 11.5 Å². The zero-order chi connectivity index (χ0) is 50.6. The van der Waals surface area contributed by atoms with Crippen molar-refractivity contribution in [3.8, 4) is 67.1 Å². The molecule has 2 aliphatic heterocycles. The molecule has 3 aromatic heterocycles. The standard InChI is InChI=1S/C72H43N4O.Pt/c1-4-19-46(20-5-1)51-31-16-32-52(47-21-6-2-7-22-47)68(51)75-45-74-66-43-49(36-38-60(66)56-27-12-14-29-58(56)64-41-40-53(70(75)71(64)74)48-23-8-3-9-24-48)77-50-37-39-61-63-34-17-33-62-57-28-13-10-25-54(57)55-26-11-15-30-59(55)65-35-18-42-73-72(65)76(69(62)63)67(61)44-50;/h1-42,45H;/q-3;. The Morgan fingerprint density at radius 2 is 0.782 bits per heavy atom. The summed E-state index contributed by atoms with van der Waals surface area (Å²) in [5.74, 6) is 1.15. The first-order chi connectivity index (χ1) is 38.2. The fourth-order valence-corrected chi connectivity index (χ4v) is 12.4. The van der Waals surface area contributed by atoms with Crippen LogP contribution in [0.25, 0.3) is 115 Å². The van der Waals surface area contributed by atoms with Crippen molar-refractivity contribution < 1.29 is 25.8 Å². The third-order valence-corrected chi connectivity index (χ3v) is 15.7. The van der Waals surface area contributed by atoms with Crippen LogP contribution in [-0.4, -0.2) is 9.38 Å². The SMILES string of the molecule is [Pt].[c-]1c(Oc2[c-]c3c(cc2)c2cccc4c5ccccc5c5ccccc5c5cccnc5n3c42)ccc2c1N1[CH-]N(c3c(-c4ccccc4)cccc3-c3ccccc3)c3c(-c4ccccc4)ccc(c31)-c1ccccc1-2. The van der Waals surface area contributed by atoms with E-state index in [1.54, 1.807) is 0 Å². The summed E-state index contributed by atoms with van der Waals surface area (Å²) >= 11 is 0. The minimum Gasteiger partial charge on any atom is -0.509 e. The van der Waals surface area contributed by atoms with Crippen molar-refractivity contribution in [1.29, 1.82) is 0 Å². The number of nitrogens with zero attached hydrogens (tertiary/aromatic N) is 4. The van der Waals surface area contributed by atoms with E-state index in [2.05, 4.69) is 264 Å². The van der Waals surface area contributed by atoms with Gasteiger partial charge in [-0.05, 0) is 61.3 Å². The van der Waals surface area contributed by atoms with E-state index in [9.17, 15) is 0 Å². The Morgan fingerprint density at radius 1 is 0.333 bits per heavy atom. The van der Waals surface area contributed by atoms with E-state index in [1.807, 2.05) is 24.4 Å². The van der Waals surface area contributed by atoms with Crippen LogP contribution in [0.3, 0.4) is 0 Å². The van der Waals surface area contributed by atoms with Crippen LogP contribution in [0.15, 0.2) is 255 Å². The van der Waals surface area contributed by atoms with E-state index in [4.69, 9.17) is 9.72 Å². The van der Waals surface area contributed by atoms with E-state index in [0.29, 0.717) is 11.5 Å². The summed E-state index contributed by atoms with van der Waals surface area (Å²) in [4.78, 5) is 9.96. The maximum atomic E-state index is 7.06. The number of rotatable bonds is 6. The van der Waals surface area contributed by atoms with Gasteiger partial charge < -0.3 is 18.9 Å². The molecule has 0 saturated heterocycles. The van der Waals surface area contributed by atoms with Crippen LogP contribution in [0.2, 0.25) is 0 Å². The fraction of sp³-hybridized carbons (Fsp3) is 0. The van der Waals surface area contributed by atoms with Gasteiger partial charge in [-0.25, -0.2) is 4.98 Å². The molecule has 0 N–H and O–H groups in total. The van der Waals surface area contributed by atoms with E-state index < -0.39 is 0 Å². The second-order valence-corrected chi connectivity index (χ2v) is 19.8. The molecule has 0 atom stereocenters. The second-order valence-electron chi connectivity index (χ2n) is 19.8. The number of fused-ring (bicyclic) bond motifs is 15. The summed E-state index contributed by atoms with van der Waals surface area (Å²) in [5, 5.41) is 8.99. The van der Waals surface area contributed by atoms with Crippen molar-refractivity contribution in [1.82, 2.24) is 9.38 Å². The predicted molar refractivity (Wildman–Crippen MR) is 318 cm³/mol. The quantitative estimate of drug-likeness (QED) is 0.155. The van der Waals surface area contributed by atoms with E-state index in [0.717, 1.165) is 127 Å². The minimum atomic E-state index is 0. The van der Waals surface area contributed by atoms with Gasteiger partial charge in [0, 0.05) is 94.4 Å². The summed E-state index contributed by atoms with van der Waals surface area (Å²) in [7, 11) is 0. The van der Waals surface area contributed by atoms with E-state index >= 15 is 0 Å². The first-order valence-corrected chi connectivity index (χ1v) is 26.1. The maximum absolute atomic E-state index is 7.06. The number of aromatic nitrogens is 2. The summed E-state index contributed by atoms with van der Waals surface area (Å²) in [6.07, 6.45) is 1.89. The normalized spacial score (nSPS) is 12.4. The molecule has 0 unspecified atom stereocenters. The van der Waals surface area contributed by atoms with Gasteiger partial charge in [-0.15, -0.1) is 41.9 Å². The fourth-order valence-electron chi connectivity index (χ4n) is 12.4. The van der Waals surface area contributed by atoms with Crippen molar-refractivity contribution in [2.75, 3.05) is 9.80 Å². The number of anilines is 4. The molecule has 0 spiro atoms. The molecule has 6 heteroatoms. The Hall–Kier alpha value is -9.54. The Morgan fingerprint density at radius 3 is 1.44 bits per heavy atom. The van der Waals surface area contributed by atoms with Crippen LogP contribution < -0.4 is 14.5 Å². The van der Waals surface area contributed by atoms with Crippen molar-refractivity contribution >= 4 is 82.5 Å². The number of para-hydroxylation sites is 2. The van der Waals surface area contributed by atoms with Crippen LogP contribution in [0.1, 0.15) is 0 Å². The largest absolute Gasteiger partial charge is 0.509 e. The number of hydrogen-bond acceptors (Lipinski definition) is 4. The molecular formula is C72H43N4OPt-3. The number of benzene rings is 11. The Kier molecular flexibility index (Phi) is 10.8. The summed E-state index contributed by atoms with van der Waals surface area (Å²) in [6, 6.07) is 96.7. The van der Waals surface area contributed by atoms with E-state index in [1.165, 1.54) is 10.8 Å². The average Bonchev–Trinajstić information content (AvgIpc) is 3.85. The van der Waals surface area contributed by atoms with Gasteiger partial charge in [-0.1, -0.05) is 229 Å². The second kappa shape index (κ2) is 18.3. The molecule has 0 bridgehead atoms. The molecule has 2 aliphatic rings. The van der Waals surface area contributed by atoms with Crippen molar-refractivity contribution in [3.05, 3.63) is 274 Å². The van der Waals surface area contributed by atoms with Gasteiger partial charge in [-0.3, -0.25) is 0 Å². The summed E-state index contributed by atoms with van der Waals surface area (Å²) in [5.41, 5.74) is 18.2. The molecule has 14 aromatic rings. The third kappa shape index (κ3) is 7.02. The first-order valence-electron chi connectivity index (χ1n) is 26.1. The van der Waals surface area contributed by atoms with Crippen molar-refractivity contribution in [2.24, 2.45) is 0 Å². The third-order valence-electron chi connectivity index (χ3n) is 15.7. The minimum absolute atomic E-state index is 0. The van der Waals surface area contributed by atoms with Crippen LogP contribution in [0, 0.1) is 18.8 Å². The molecule has 11 aromatic carbocycles. The number of ether oxygens (including phenoxy) is 1. The molecule has 370 valence electrons. The van der Waals surface area contributed by atoms with Gasteiger partial charge in [0.2, 0.25) is 0 Å². The number of hydrogen-bond donors (Lipinski definition) is 0. The van der Waals surface area contributed by atoms with Crippen molar-refractivity contribution in [2.45, 2.75) is 0 Å². The van der Waals surface area contributed by atoms with Gasteiger partial charge in [0.05, 0.1) is 0 Å². The van der Waals surface area contributed by atoms with Crippen molar-refractivity contribution in [3.63, 3.8) is 0 Å². The number of pyridine rings is 1. The first kappa shape index (κ1) is 45.8. The zero-order valence-corrected chi connectivity index (χ0v) is 44.1. The van der Waals surface area contributed by atoms with Gasteiger partial charge in [0.25, 0.3) is 0 Å². The molecule has 0 amide bonds. The Labute approximate surface area is 465 Å². The molecule has 0 fully saturated rings. The molecule has 5 nitrogen and oxygen atoms in total. The molecule has 0 aliphatic carbocycles. The van der Waals surface area contributed by atoms with E-state index in [-0.39, 0.29) is 21.1 Å². The average molecular weight is 1180 g/mol. The summed E-state index contributed by atoms with van der Waals surface area (Å²) < 4.78 is 9.36. The smallest absolute Gasteiger partial charge is 0.143 e. The monoisotopic (exact) mass is 1170 g/mol. The van der Waals surface area contributed by atoms with Crippen LogP contribution >= 0.6 is 0 Å². The van der Waals surface area contributed by atoms with Crippen LogP contribution in [0.4, 0.5) is 22.7 Å². The van der Waals surface area contributed by atoms with Crippen LogP contribution in [-0.2, 0) is 21.1 Å². The molecule has 0 radical (unpaired) electrons. The van der Waals surface area contributed by atoms with Gasteiger partial charge in [0.15, 0.2) is 0 Å². The zero-order valence-electron chi connectivity index (χ0n) is 41.8. The maximum Gasteiger partial charge on any atom is 0.143 e. The topological polar surface area (TPSA) is 33.0 Å². The van der Waals surface area contributed by atoms with Gasteiger partial charge in [-0.2, -0.15) is 12.1 Å². The Bertz CT molecular complexity index is 4710.